The average Bonchev–Trinajstić information content (AvgIpc) is 3.39. The van der Waals surface area contributed by atoms with Crippen LogP contribution in [0.3, 0.4) is 0 Å². The molecule has 2 fully saturated rings. The third-order valence-electron chi connectivity index (χ3n) is 6.13. The van der Waals surface area contributed by atoms with E-state index in [1.807, 2.05) is 49.9 Å². The van der Waals surface area contributed by atoms with Gasteiger partial charge in [-0.05, 0) is 58.1 Å². The van der Waals surface area contributed by atoms with Gasteiger partial charge in [0, 0.05) is 29.7 Å². The van der Waals surface area contributed by atoms with E-state index >= 15 is 0 Å². The van der Waals surface area contributed by atoms with E-state index in [2.05, 4.69) is 15.9 Å². The smallest absolute Gasteiger partial charge is 0.410 e. The van der Waals surface area contributed by atoms with E-state index in [9.17, 15) is 9.59 Å². The zero-order valence-electron chi connectivity index (χ0n) is 18.0. The van der Waals surface area contributed by atoms with E-state index in [1.165, 1.54) is 0 Å². The number of hydrogen-bond acceptors (Lipinski definition) is 4. The van der Waals surface area contributed by atoms with Gasteiger partial charge in [0.15, 0.2) is 0 Å². The predicted octanol–water partition coefficient (Wildman–Crippen LogP) is 4.61. The summed E-state index contributed by atoms with van der Waals surface area (Å²) in [7, 11) is 0. The Balaban J connectivity index is 1.51. The lowest BCUT2D eigenvalue weighted by Crippen LogP contribution is -2.44. The lowest BCUT2D eigenvalue weighted by Gasteiger charge is -2.26. The Morgan fingerprint density at radius 3 is 2.53 bits per heavy atom. The second-order valence-corrected chi connectivity index (χ2v) is 10.6. The Labute approximate surface area is 186 Å². The van der Waals surface area contributed by atoms with Crippen LogP contribution >= 0.6 is 15.9 Å². The van der Waals surface area contributed by atoms with Crippen molar-refractivity contribution in [3.8, 4) is 0 Å². The first-order valence-electron chi connectivity index (χ1n) is 10.8. The standard InChI is InChI=1S/C23H30BrN3O3/c1-22(2,3)30-21(29)26-13-10-16(14-26)15-27-19(17-6-8-18(24)9-7-17)25-23(20(27)28)11-4-5-12-23/h6-9,16H,4-5,10-15H2,1-3H3/t16-/m1/s1. The fourth-order valence-electron chi connectivity index (χ4n) is 4.66. The fourth-order valence-corrected chi connectivity index (χ4v) is 4.93. The van der Waals surface area contributed by atoms with Crippen molar-refractivity contribution in [1.29, 1.82) is 0 Å². The average molecular weight is 476 g/mol. The molecule has 0 N–H and O–H groups in total. The second kappa shape index (κ2) is 7.98. The molecule has 0 bridgehead atoms. The summed E-state index contributed by atoms with van der Waals surface area (Å²) < 4.78 is 6.52. The Morgan fingerprint density at radius 2 is 1.90 bits per heavy atom. The minimum absolute atomic E-state index is 0.133. The summed E-state index contributed by atoms with van der Waals surface area (Å²) in [6.45, 7) is 7.50. The number of aliphatic imine (C=N–C) groups is 1. The van der Waals surface area contributed by atoms with Gasteiger partial charge in [-0.15, -0.1) is 0 Å². The zero-order valence-corrected chi connectivity index (χ0v) is 19.6. The minimum atomic E-state index is -0.578. The van der Waals surface area contributed by atoms with Crippen molar-refractivity contribution in [2.75, 3.05) is 19.6 Å². The Hall–Kier alpha value is -1.89. The molecule has 1 saturated heterocycles. The molecule has 0 aromatic heterocycles. The molecular weight excluding hydrogens is 446 g/mol. The highest BCUT2D eigenvalue weighted by atomic mass is 79.9. The van der Waals surface area contributed by atoms with Crippen molar-refractivity contribution in [2.24, 2.45) is 10.9 Å². The Bertz CT molecular complexity index is 853. The van der Waals surface area contributed by atoms with Gasteiger partial charge < -0.3 is 9.64 Å². The summed E-state index contributed by atoms with van der Waals surface area (Å²) >= 11 is 3.48. The van der Waals surface area contributed by atoms with Crippen LogP contribution in [0.15, 0.2) is 33.7 Å². The van der Waals surface area contributed by atoms with Gasteiger partial charge >= 0.3 is 6.09 Å². The van der Waals surface area contributed by atoms with Crippen molar-refractivity contribution in [1.82, 2.24) is 9.80 Å². The molecule has 1 aliphatic carbocycles. The summed E-state index contributed by atoms with van der Waals surface area (Å²) in [5.41, 5.74) is -0.111. The number of benzene rings is 1. The molecule has 0 unspecified atom stereocenters. The monoisotopic (exact) mass is 475 g/mol. The SMILES string of the molecule is CC(C)(C)OC(=O)N1CC[C@@H](CN2C(=O)C3(CCCC3)N=C2c2ccc(Br)cc2)C1. The van der Waals surface area contributed by atoms with Crippen LogP contribution in [-0.2, 0) is 9.53 Å². The van der Waals surface area contributed by atoms with Crippen molar-refractivity contribution >= 4 is 33.8 Å². The van der Waals surface area contributed by atoms with Crippen molar-refractivity contribution < 1.29 is 14.3 Å². The first kappa shape index (κ1) is 21.3. The highest BCUT2D eigenvalue weighted by Gasteiger charge is 2.50. The summed E-state index contributed by atoms with van der Waals surface area (Å²) in [6, 6.07) is 8.00. The molecule has 1 saturated carbocycles. The van der Waals surface area contributed by atoms with E-state index in [0.29, 0.717) is 19.6 Å². The van der Waals surface area contributed by atoms with Crippen molar-refractivity contribution in [2.45, 2.75) is 64.0 Å². The molecular formula is C23H30BrN3O3. The first-order chi connectivity index (χ1) is 14.2. The van der Waals surface area contributed by atoms with Crippen LogP contribution in [0.1, 0.15) is 58.4 Å². The maximum Gasteiger partial charge on any atom is 0.410 e. The number of nitrogens with zero attached hydrogens (tertiary/aromatic N) is 3. The number of hydrogen-bond donors (Lipinski definition) is 0. The molecule has 1 aromatic carbocycles. The van der Waals surface area contributed by atoms with Crippen LogP contribution < -0.4 is 0 Å². The number of likely N-dealkylation sites (tertiary alicyclic amines) is 1. The molecule has 30 heavy (non-hydrogen) atoms. The summed E-state index contributed by atoms with van der Waals surface area (Å²) in [5, 5.41) is 0. The Morgan fingerprint density at radius 1 is 1.23 bits per heavy atom. The molecule has 0 radical (unpaired) electrons. The number of rotatable bonds is 3. The van der Waals surface area contributed by atoms with Gasteiger partial charge in [0.05, 0.1) is 0 Å². The summed E-state index contributed by atoms with van der Waals surface area (Å²) in [4.78, 5) is 34.5. The highest BCUT2D eigenvalue weighted by Crippen LogP contribution is 2.40. The van der Waals surface area contributed by atoms with Gasteiger partial charge in [-0.3, -0.25) is 14.7 Å². The molecule has 7 heteroatoms. The number of carbonyl (C=O) groups is 2. The van der Waals surface area contributed by atoms with Gasteiger partial charge in [0.2, 0.25) is 0 Å². The van der Waals surface area contributed by atoms with E-state index in [4.69, 9.17) is 9.73 Å². The van der Waals surface area contributed by atoms with Crippen molar-refractivity contribution in [3.63, 3.8) is 0 Å². The molecule has 2 amide bonds. The predicted molar refractivity (Wildman–Crippen MR) is 120 cm³/mol. The Kier molecular flexibility index (Phi) is 5.68. The normalized spacial score (nSPS) is 23.4. The molecule has 2 heterocycles. The highest BCUT2D eigenvalue weighted by molar-refractivity contribution is 9.10. The maximum atomic E-state index is 13.5. The van der Waals surface area contributed by atoms with Gasteiger partial charge in [-0.25, -0.2) is 4.79 Å². The third-order valence-corrected chi connectivity index (χ3v) is 6.66. The number of carbonyl (C=O) groups excluding carboxylic acids is 2. The molecule has 1 atom stereocenters. The number of ether oxygens (including phenoxy) is 1. The molecule has 162 valence electrons. The van der Waals surface area contributed by atoms with Crippen LogP contribution in [0.4, 0.5) is 4.79 Å². The first-order valence-corrected chi connectivity index (χ1v) is 11.6. The van der Waals surface area contributed by atoms with E-state index in [0.717, 1.165) is 48.0 Å². The number of amidine groups is 1. The van der Waals surface area contributed by atoms with E-state index in [1.54, 1.807) is 4.90 Å². The third kappa shape index (κ3) is 4.27. The van der Waals surface area contributed by atoms with Crippen LogP contribution in [-0.4, -0.2) is 58.4 Å². The quantitative estimate of drug-likeness (QED) is 0.640. The topological polar surface area (TPSA) is 62.2 Å². The second-order valence-electron chi connectivity index (χ2n) is 9.68. The number of amides is 2. The molecule has 3 aliphatic rings. The molecule has 4 rings (SSSR count). The van der Waals surface area contributed by atoms with Crippen molar-refractivity contribution in [3.05, 3.63) is 34.3 Å². The fraction of sp³-hybridized carbons (Fsp3) is 0.609. The summed E-state index contributed by atoms with van der Waals surface area (Å²) in [5.74, 6) is 1.14. The lowest BCUT2D eigenvalue weighted by molar-refractivity contribution is -0.131. The van der Waals surface area contributed by atoms with Crippen LogP contribution in [0.2, 0.25) is 0 Å². The maximum absolute atomic E-state index is 13.5. The minimum Gasteiger partial charge on any atom is -0.444 e. The van der Waals surface area contributed by atoms with E-state index in [-0.39, 0.29) is 17.9 Å². The van der Waals surface area contributed by atoms with Crippen LogP contribution in [0.25, 0.3) is 0 Å². The van der Waals surface area contributed by atoms with E-state index < -0.39 is 11.1 Å². The number of halogens is 1. The van der Waals surface area contributed by atoms with Gasteiger partial charge in [0.25, 0.3) is 5.91 Å². The summed E-state index contributed by atoms with van der Waals surface area (Å²) in [6.07, 6.45) is 4.35. The van der Waals surface area contributed by atoms with Gasteiger partial charge in [0.1, 0.15) is 17.0 Å². The van der Waals surface area contributed by atoms with Crippen LogP contribution in [0.5, 0.6) is 0 Å². The molecule has 1 spiro atoms. The van der Waals surface area contributed by atoms with Gasteiger partial charge in [-0.2, -0.15) is 0 Å². The molecule has 6 nitrogen and oxygen atoms in total. The zero-order chi connectivity index (χ0) is 21.5. The van der Waals surface area contributed by atoms with Crippen LogP contribution in [0, 0.1) is 5.92 Å². The lowest BCUT2D eigenvalue weighted by atomic mass is 9.97. The molecule has 2 aliphatic heterocycles. The molecule has 1 aromatic rings. The largest absolute Gasteiger partial charge is 0.444 e. The van der Waals surface area contributed by atoms with Gasteiger partial charge in [-0.1, -0.05) is 40.9 Å².